The molecule has 7 nitrogen and oxygen atoms in total. The van der Waals surface area contributed by atoms with Crippen LogP contribution in [0.3, 0.4) is 0 Å². The average Bonchev–Trinajstić information content (AvgIpc) is 2.61. The van der Waals surface area contributed by atoms with Crippen LogP contribution in [0.5, 0.6) is 0 Å². The third-order valence-corrected chi connectivity index (χ3v) is 3.22. The van der Waals surface area contributed by atoms with Crippen molar-refractivity contribution in [3.8, 4) is 5.69 Å². The van der Waals surface area contributed by atoms with Gasteiger partial charge in [0, 0.05) is 18.8 Å². The number of pyridine rings is 1. The summed E-state index contributed by atoms with van der Waals surface area (Å²) >= 11 is 0. The molecule has 0 aliphatic carbocycles. The number of hydrogen-bond donors (Lipinski definition) is 2. The van der Waals surface area contributed by atoms with Crippen molar-refractivity contribution in [2.45, 2.75) is 13.3 Å². The molecule has 0 aliphatic heterocycles. The fourth-order valence-electron chi connectivity index (χ4n) is 2.14. The molecule has 0 spiro atoms. The van der Waals surface area contributed by atoms with Gasteiger partial charge in [-0.05, 0) is 24.3 Å². The molecule has 3 rings (SSSR count). The van der Waals surface area contributed by atoms with Gasteiger partial charge in [0.15, 0.2) is 0 Å². The van der Waals surface area contributed by atoms with Crippen LogP contribution in [-0.2, 0) is 6.42 Å². The molecule has 0 radical (unpaired) electrons. The van der Waals surface area contributed by atoms with Crippen LogP contribution < -0.4 is 16.5 Å². The molecule has 0 fully saturated rings. The lowest BCUT2D eigenvalue weighted by Crippen LogP contribution is -2.28. The minimum Gasteiger partial charge on any atom is -0.298 e. The van der Waals surface area contributed by atoms with Crippen molar-refractivity contribution in [1.29, 1.82) is 0 Å². The quantitative estimate of drug-likeness (QED) is 0.702. The highest BCUT2D eigenvalue weighted by atomic mass is 16.1. The summed E-state index contributed by atoms with van der Waals surface area (Å²) in [5.74, 6) is 0.867. The predicted octanol–water partition coefficient (Wildman–Crippen LogP) is 2.02. The van der Waals surface area contributed by atoms with Crippen molar-refractivity contribution in [3.05, 3.63) is 71.2 Å². The molecule has 0 saturated heterocycles. The Hall–Kier alpha value is -3.22. The van der Waals surface area contributed by atoms with Crippen LogP contribution in [0.4, 0.5) is 11.6 Å². The first-order valence-electron chi connectivity index (χ1n) is 7.25. The third kappa shape index (κ3) is 3.34. The molecule has 2 N–H and O–H groups in total. The molecule has 0 bridgehead atoms. The maximum atomic E-state index is 12.4. The normalized spacial score (nSPS) is 10.3. The average molecular weight is 308 g/mol. The van der Waals surface area contributed by atoms with Crippen LogP contribution in [0.1, 0.15) is 12.7 Å². The molecule has 2 aromatic heterocycles. The highest BCUT2D eigenvalue weighted by molar-refractivity contribution is 5.46. The van der Waals surface area contributed by atoms with Crippen molar-refractivity contribution < 1.29 is 0 Å². The molecule has 7 heteroatoms. The van der Waals surface area contributed by atoms with Crippen LogP contribution in [0.15, 0.2) is 59.7 Å². The van der Waals surface area contributed by atoms with Gasteiger partial charge in [-0.25, -0.2) is 9.36 Å². The highest BCUT2D eigenvalue weighted by Gasteiger charge is 2.10. The number of nitrogens with zero attached hydrogens (tertiary/aromatic N) is 4. The minimum absolute atomic E-state index is 0.232. The topological polar surface area (TPSA) is 84.7 Å². The number of hydrazine groups is 1. The van der Waals surface area contributed by atoms with Crippen molar-refractivity contribution in [3.63, 3.8) is 0 Å². The van der Waals surface area contributed by atoms with Gasteiger partial charge >= 0.3 is 5.69 Å². The number of benzene rings is 1. The Bertz CT molecular complexity index is 832. The van der Waals surface area contributed by atoms with Crippen molar-refractivity contribution in [2.24, 2.45) is 0 Å². The largest absolute Gasteiger partial charge is 0.356 e. The Labute approximate surface area is 133 Å². The van der Waals surface area contributed by atoms with Crippen LogP contribution in [0.2, 0.25) is 0 Å². The van der Waals surface area contributed by atoms with Gasteiger partial charge in [0.2, 0.25) is 5.95 Å². The predicted molar refractivity (Wildman–Crippen MR) is 88.5 cm³/mol. The molecule has 3 aromatic rings. The molecule has 0 saturated carbocycles. The molecule has 23 heavy (non-hydrogen) atoms. The summed E-state index contributed by atoms with van der Waals surface area (Å²) in [5, 5.41) is 0. The first-order valence-corrected chi connectivity index (χ1v) is 7.25. The monoisotopic (exact) mass is 308 g/mol. The van der Waals surface area contributed by atoms with E-state index in [2.05, 4.69) is 25.8 Å². The SMILES string of the molecule is CCc1nc(NNc2ccncc2)nc(=O)n1-c1ccccc1. The Morgan fingerprint density at radius 3 is 2.43 bits per heavy atom. The lowest BCUT2D eigenvalue weighted by atomic mass is 10.3. The standard InChI is InChI=1S/C16H16N6O/c1-2-14-18-15(21-20-12-8-10-17-11-9-12)19-16(23)22(14)13-6-4-3-5-7-13/h3-11H,2H2,1H3,(H,17,20)(H,19,21,23). The molecule has 0 atom stereocenters. The fourth-order valence-corrected chi connectivity index (χ4v) is 2.14. The highest BCUT2D eigenvalue weighted by Crippen LogP contribution is 2.09. The second-order valence-corrected chi connectivity index (χ2v) is 4.76. The Balaban J connectivity index is 1.90. The number of aromatic nitrogens is 4. The van der Waals surface area contributed by atoms with E-state index in [0.29, 0.717) is 12.2 Å². The molecule has 0 unspecified atom stereocenters. The fraction of sp³-hybridized carbons (Fsp3) is 0.125. The van der Waals surface area contributed by atoms with Gasteiger partial charge in [0.1, 0.15) is 5.82 Å². The second-order valence-electron chi connectivity index (χ2n) is 4.76. The first-order chi connectivity index (χ1) is 11.3. The summed E-state index contributed by atoms with van der Waals surface area (Å²) in [7, 11) is 0. The van der Waals surface area contributed by atoms with Gasteiger partial charge in [-0.2, -0.15) is 9.97 Å². The Kier molecular flexibility index (Phi) is 4.28. The van der Waals surface area contributed by atoms with E-state index in [4.69, 9.17) is 0 Å². The van der Waals surface area contributed by atoms with Crippen molar-refractivity contribution >= 4 is 11.6 Å². The number of nitrogens with one attached hydrogen (secondary N) is 2. The summed E-state index contributed by atoms with van der Waals surface area (Å²) in [5.41, 5.74) is 6.96. The molecule has 2 heterocycles. The lowest BCUT2D eigenvalue weighted by Gasteiger charge is -2.13. The van der Waals surface area contributed by atoms with Crippen molar-refractivity contribution in [2.75, 3.05) is 10.9 Å². The number of aryl methyl sites for hydroxylation is 1. The zero-order valence-corrected chi connectivity index (χ0v) is 12.6. The van der Waals surface area contributed by atoms with E-state index in [-0.39, 0.29) is 11.6 Å². The number of hydrogen-bond acceptors (Lipinski definition) is 6. The summed E-state index contributed by atoms with van der Waals surface area (Å²) in [6, 6.07) is 12.9. The second kappa shape index (κ2) is 6.69. The molecule has 1 aromatic carbocycles. The summed E-state index contributed by atoms with van der Waals surface area (Å²) in [6.07, 6.45) is 3.93. The summed E-state index contributed by atoms with van der Waals surface area (Å²) in [4.78, 5) is 24.7. The first kappa shape index (κ1) is 14.7. The molecule has 116 valence electrons. The lowest BCUT2D eigenvalue weighted by molar-refractivity contribution is 0.772. The maximum absolute atomic E-state index is 12.4. The molecule has 0 aliphatic rings. The van der Waals surface area contributed by atoms with E-state index in [0.717, 1.165) is 11.4 Å². The van der Waals surface area contributed by atoms with Crippen LogP contribution in [-0.4, -0.2) is 19.5 Å². The number of anilines is 2. The van der Waals surface area contributed by atoms with Gasteiger partial charge in [0.25, 0.3) is 0 Å². The number of rotatable bonds is 5. The number of para-hydroxylation sites is 1. The summed E-state index contributed by atoms with van der Waals surface area (Å²) in [6.45, 7) is 1.95. The van der Waals surface area contributed by atoms with E-state index in [9.17, 15) is 4.79 Å². The molecule has 0 amide bonds. The smallest absolute Gasteiger partial charge is 0.298 e. The van der Waals surface area contributed by atoms with Crippen LogP contribution >= 0.6 is 0 Å². The van der Waals surface area contributed by atoms with E-state index in [1.54, 1.807) is 24.5 Å². The van der Waals surface area contributed by atoms with E-state index in [1.165, 1.54) is 4.57 Å². The summed E-state index contributed by atoms with van der Waals surface area (Å²) < 4.78 is 1.51. The third-order valence-electron chi connectivity index (χ3n) is 3.22. The molecular weight excluding hydrogens is 292 g/mol. The molecular formula is C16H16N6O. The van der Waals surface area contributed by atoms with Gasteiger partial charge in [-0.1, -0.05) is 25.1 Å². The Morgan fingerprint density at radius 2 is 1.74 bits per heavy atom. The van der Waals surface area contributed by atoms with Crippen LogP contribution in [0, 0.1) is 0 Å². The van der Waals surface area contributed by atoms with Gasteiger partial charge in [-0.3, -0.25) is 15.8 Å². The minimum atomic E-state index is -0.373. The van der Waals surface area contributed by atoms with Crippen molar-refractivity contribution in [1.82, 2.24) is 19.5 Å². The Morgan fingerprint density at radius 1 is 1.00 bits per heavy atom. The van der Waals surface area contributed by atoms with Gasteiger partial charge < -0.3 is 0 Å². The zero-order valence-electron chi connectivity index (χ0n) is 12.6. The van der Waals surface area contributed by atoms with E-state index in [1.807, 2.05) is 37.3 Å². The van der Waals surface area contributed by atoms with E-state index < -0.39 is 0 Å². The van der Waals surface area contributed by atoms with Crippen LogP contribution in [0.25, 0.3) is 5.69 Å². The van der Waals surface area contributed by atoms with Gasteiger partial charge in [0.05, 0.1) is 11.4 Å². The van der Waals surface area contributed by atoms with Gasteiger partial charge in [-0.15, -0.1) is 0 Å². The maximum Gasteiger partial charge on any atom is 0.356 e. The van der Waals surface area contributed by atoms with E-state index >= 15 is 0 Å². The zero-order chi connectivity index (χ0) is 16.1.